The van der Waals surface area contributed by atoms with Gasteiger partial charge < -0.3 is 5.32 Å². The van der Waals surface area contributed by atoms with Crippen molar-refractivity contribution < 1.29 is 0 Å². The van der Waals surface area contributed by atoms with Gasteiger partial charge in [-0.25, -0.2) is 0 Å². The molecule has 1 N–H and O–H groups in total. The second-order valence-corrected chi connectivity index (χ2v) is 7.59. The highest BCUT2D eigenvalue weighted by atomic mass is 15.0. The van der Waals surface area contributed by atoms with Gasteiger partial charge in [0, 0.05) is 11.1 Å². The first-order chi connectivity index (χ1) is 11.0. The van der Waals surface area contributed by atoms with Gasteiger partial charge in [0.05, 0.1) is 6.04 Å². The number of anilines is 1. The summed E-state index contributed by atoms with van der Waals surface area (Å²) in [6.45, 7) is 6.79. The lowest BCUT2D eigenvalue weighted by molar-refractivity contribution is 0.589. The summed E-state index contributed by atoms with van der Waals surface area (Å²) in [7, 11) is 0. The highest BCUT2D eigenvalue weighted by Crippen LogP contribution is 2.39. The van der Waals surface area contributed by atoms with Gasteiger partial charge in [0.25, 0.3) is 0 Å². The van der Waals surface area contributed by atoms with Gasteiger partial charge in [-0.15, -0.1) is 0 Å². The summed E-state index contributed by atoms with van der Waals surface area (Å²) in [4.78, 5) is 0. The molecule has 23 heavy (non-hydrogen) atoms. The molecule has 0 aromatic heterocycles. The van der Waals surface area contributed by atoms with Crippen LogP contribution in [0.3, 0.4) is 0 Å². The predicted octanol–water partition coefficient (Wildman–Crippen LogP) is 5.85. The number of benzene rings is 3. The largest absolute Gasteiger partial charge is 0.377 e. The monoisotopic (exact) mass is 301 g/mol. The predicted molar refractivity (Wildman–Crippen MR) is 99.2 cm³/mol. The molecule has 0 saturated carbocycles. The molecule has 1 nitrogen and oxygen atoms in total. The van der Waals surface area contributed by atoms with Crippen LogP contribution >= 0.6 is 0 Å². The van der Waals surface area contributed by atoms with Crippen molar-refractivity contribution in [3.63, 3.8) is 0 Å². The van der Waals surface area contributed by atoms with Crippen molar-refractivity contribution in [3.8, 4) is 0 Å². The lowest BCUT2D eigenvalue weighted by atomic mass is 9.86. The number of hydrogen-bond acceptors (Lipinski definition) is 1. The van der Waals surface area contributed by atoms with E-state index >= 15 is 0 Å². The number of fused-ring (bicyclic) bond motifs is 3. The Labute approximate surface area is 138 Å². The Morgan fingerprint density at radius 3 is 2.35 bits per heavy atom. The molecule has 0 radical (unpaired) electrons. The Morgan fingerprint density at radius 1 is 0.870 bits per heavy atom. The molecule has 0 spiro atoms. The van der Waals surface area contributed by atoms with E-state index in [0.29, 0.717) is 6.04 Å². The Balaban J connectivity index is 1.67. The van der Waals surface area contributed by atoms with Crippen LogP contribution in [-0.2, 0) is 11.8 Å². The van der Waals surface area contributed by atoms with Crippen LogP contribution in [-0.4, -0.2) is 0 Å². The molecule has 116 valence electrons. The molecule has 4 rings (SSSR count). The first-order valence-electron chi connectivity index (χ1n) is 8.40. The van der Waals surface area contributed by atoms with Crippen molar-refractivity contribution in [1.29, 1.82) is 0 Å². The van der Waals surface area contributed by atoms with Crippen LogP contribution < -0.4 is 5.32 Å². The second kappa shape index (κ2) is 5.13. The average molecular weight is 301 g/mol. The minimum atomic E-state index is 0.209. The van der Waals surface area contributed by atoms with E-state index in [1.54, 1.807) is 0 Å². The summed E-state index contributed by atoms with van der Waals surface area (Å²) in [5, 5.41) is 6.39. The van der Waals surface area contributed by atoms with E-state index in [9.17, 15) is 0 Å². The standard InChI is InChI=1S/C22H23N/c1-22(2,3)18-12-10-16(11-13-18)20-14-17-9-8-15-6-4-5-7-19(15)21(17)23-20/h4-13,20,23H,14H2,1-3H3. The molecule has 0 bridgehead atoms. The van der Waals surface area contributed by atoms with E-state index < -0.39 is 0 Å². The molecule has 0 fully saturated rings. The van der Waals surface area contributed by atoms with Crippen LogP contribution in [0.4, 0.5) is 5.69 Å². The van der Waals surface area contributed by atoms with Gasteiger partial charge in [0.2, 0.25) is 0 Å². The van der Waals surface area contributed by atoms with Crippen LogP contribution in [0.5, 0.6) is 0 Å². The quantitative estimate of drug-likeness (QED) is 0.595. The lowest BCUT2D eigenvalue weighted by Gasteiger charge is -2.20. The highest BCUT2D eigenvalue weighted by Gasteiger charge is 2.24. The molecule has 1 heterocycles. The fraction of sp³-hybridized carbons (Fsp3) is 0.273. The van der Waals surface area contributed by atoms with Crippen LogP contribution in [0, 0.1) is 0 Å². The molecule has 1 aliphatic heterocycles. The average Bonchev–Trinajstić information content (AvgIpc) is 2.99. The van der Waals surface area contributed by atoms with Gasteiger partial charge in [-0.05, 0) is 33.9 Å². The SMILES string of the molecule is CC(C)(C)c1ccc(C2Cc3ccc4ccccc4c3N2)cc1. The van der Waals surface area contributed by atoms with Crippen LogP contribution in [0.15, 0.2) is 60.7 Å². The minimum absolute atomic E-state index is 0.209. The third-order valence-electron chi connectivity index (χ3n) is 4.94. The molecule has 1 aliphatic rings. The van der Waals surface area contributed by atoms with E-state index in [-0.39, 0.29) is 5.41 Å². The Kier molecular flexibility index (Phi) is 3.19. The highest BCUT2D eigenvalue weighted by molar-refractivity contribution is 5.96. The van der Waals surface area contributed by atoms with Gasteiger partial charge >= 0.3 is 0 Å². The third kappa shape index (κ3) is 2.50. The number of rotatable bonds is 1. The van der Waals surface area contributed by atoms with Gasteiger partial charge in [-0.2, -0.15) is 0 Å². The van der Waals surface area contributed by atoms with Crippen molar-refractivity contribution >= 4 is 16.5 Å². The number of hydrogen-bond donors (Lipinski definition) is 1. The molecule has 1 unspecified atom stereocenters. The Hall–Kier alpha value is -2.28. The van der Waals surface area contributed by atoms with Crippen molar-refractivity contribution in [3.05, 3.63) is 77.4 Å². The molecule has 1 atom stereocenters. The Morgan fingerprint density at radius 2 is 1.61 bits per heavy atom. The third-order valence-corrected chi connectivity index (χ3v) is 4.94. The topological polar surface area (TPSA) is 12.0 Å². The zero-order valence-corrected chi connectivity index (χ0v) is 14.1. The van der Waals surface area contributed by atoms with Crippen LogP contribution in [0.2, 0.25) is 0 Å². The molecule has 3 aromatic rings. The molecule has 3 aromatic carbocycles. The van der Waals surface area contributed by atoms with Crippen molar-refractivity contribution in [2.24, 2.45) is 0 Å². The summed E-state index contributed by atoms with van der Waals surface area (Å²) < 4.78 is 0. The molecule has 1 heteroatoms. The van der Waals surface area contributed by atoms with E-state index in [1.807, 2.05) is 0 Å². The normalized spacial score (nSPS) is 17.1. The van der Waals surface area contributed by atoms with E-state index in [2.05, 4.69) is 86.8 Å². The molecular formula is C22H23N. The Bertz CT molecular complexity index is 853. The van der Waals surface area contributed by atoms with Crippen molar-refractivity contribution in [2.45, 2.75) is 38.6 Å². The maximum Gasteiger partial charge on any atom is 0.0555 e. The first-order valence-corrected chi connectivity index (χ1v) is 8.40. The zero-order chi connectivity index (χ0) is 16.0. The van der Waals surface area contributed by atoms with Gasteiger partial charge in [-0.3, -0.25) is 0 Å². The molecule has 0 amide bonds. The lowest BCUT2D eigenvalue weighted by Crippen LogP contribution is -2.12. The first kappa shape index (κ1) is 14.3. The molecular weight excluding hydrogens is 278 g/mol. The smallest absolute Gasteiger partial charge is 0.0555 e. The second-order valence-electron chi connectivity index (χ2n) is 7.59. The summed E-state index contributed by atoms with van der Waals surface area (Å²) in [5.74, 6) is 0. The maximum atomic E-state index is 3.75. The summed E-state index contributed by atoms with van der Waals surface area (Å²) >= 11 is 0. The number of nitrogens with one attached hydrogen (secondary N) is 1. The molecule has 0 saturated heterocycles. The van der Waals surface area contributed by atoms with E-state index in [1.165, 1.54) is 33.2 Å². The summed E-state index contributed by atoms with van der Waals surface area (Å²) in [5.41, 5.74) is 5.71. The minimum Gasteiger partial charge on any atom is -0.377 e. The zero-order valence-electron chi connectivity index (χ0n) is 14.1. The van der Waals surface area contributed by atoms with Gasteiger partial charge in [-0.1, -0.05) is 81.4 Å². The van der Waals surface area contributed by atoms with Crippen LogP contribution in [0.1, 0.15) is 43.5 Å². The van der Waals surface area contributed by atoms with Crippen LogP contribution in [0.25, 0.3) is 10.8 Å². The fourth-order valence-corrected chi connectivity index (χ4v) is 3.52. The maximum absolute atomic E-state index is 3.75. The van der Waals surface area contributed by atoms with Crippen molar-refractivity contribution in [2.75, 3.05) is 5.32 Å². The fourth-order valence-electron chi connectivity index (χ4n) is 3.52. The van der Waals surface area contributed by atoms with Gasteiger partial charge in [0.1, 0.15) is 0 Å². The van der Waals surface area contributed by atoms with E-state index in [0.717, 1.165) is 6.42 Å². The van der Waals surface area contributed by atoms with Crippen molar-refractivity contribution in [1.82, 2.24) is 0 Å². The summed E-state index contributed by atoms with van der Waals surface area (Å²) in [6.07, 6.45) is 1.06. The molecule has 0 aliphatic carbocycles. The van der Waals surface area contributed by atoms with Gasteiger partial charge in [0.15, 0.2) is 0 Å². The van der Waals surface area contributed by atoms with E-state index in [4.69, 9.17) is 0 Å². The summed E-state index contributed by atoms with van der Waals surface area (Å²) in [6, 6.07) is 22.6.